The molecule has 7 heteroatoms. The van der Waals surface area contributed by atoms with Crippen LogP contribution in [0.15, 0.2) is 12.1 Å². The third-order valence-corrected chi connectivity index (χ3v) is 4.45. The normalized spacial score (nSPS) is 13.0. The van der Waals surface area contributed by atoms with Crippen LogP contribution in [-0.2, 0) is 25.5 Å². The SMILES string of the molecule is CCOC(=O)CCC1=[N+](CC(=O)OCC)CCc2cc(OC)c(OC)cc21. The molecule has 27 heavy (non-hydrogen) atoms. The van der Waals surface area contributed by atoms with E-state index in [9.17, 15) is 9.59 Å². The Morgan fingerprint density at radius 1 is 1.00 bits per heavy atom. The number of rotatable bonds is 9. The van der Waals surface area contributed by atoms with Gasteiger partial charge in [0.15, 0.2) is 17.2 Å². The van der Waals surface area contributed by atoms with Gasteiger partial charge >= 0.3 is 11.9 Å². The summed E-state index contributed by atoms with van der Waals surface area (Å²) in [5.74, 6) is 0.742. The molecule has 0 saturated carbocycles. The van der Waals surface area contributed by atoms with Gasteiger partial charge in [-0.3, -0.25) is 4.79 Å². The maximum absolute atomic E-state index is 12.0. The highest BCUT2D eigenvalue weighted by molar-refractivity contribution is 6.01. The fourth-order valence-corrected chi connectivity index (χ4v) is 3.24. The van der Waals surface area contributed by atoms with Crippen LogP contribution in [0.2, 0.25) is 0 Å². The smallest absolute Gasteiger partial charge is 0.372 e. The van der Waals surface area contributed by atoms with Crippen molar-refractivity contribution >= 4 is 17.7 Å². The lowest BCUT2D eigenvalue weighted by Crippen LogP contribution is -2.35. The van der Waals surface area contributed by atoms with Crippen LogP contribution < -0.4 is 9.47 Å². The molecule has 1 aliphatic rings. The number of nitrogens with zero attached hydrogens (tertiary/aromatic N) is 1. The zero-order chi connectivity index (χ0) is 19.8. The van der Waals surface area contributed by atoms with Crippen LogP contribution >= 0.6 is 0 Å². The van der Waals surface area contributed by atoms with Gasteiger partial charge in [-0.25, -0.2) is 9.37 Å². The van der Waals surface area contributed by atoms with Crippen molar-refractivity contribution in [1.29, 1.82) is 0 Å². The molecule has 0 amide bonds. The second-order valence-corrected chi connectivity index (χ2v) is 6.09. The number of carbonyl (C=O) groups excluding carboxylic acids is 2. The minimum atomic E-state index is -0.282. The molecular weight excluding hydrogens is 350 g/mol. The number of hydrogen-bond acceptors (Lipinski definition) is 6. The van der Waals surface area contributed by atoms with Gasteiger partial charge in [-0.1, -0.05) is 0 Å². The summed E-state index contributed by atoms with van der Waals surface area (Å²) in [4.78, 5) is 23.9. The highest BCUT2D eigenvalue weighted by atomic mass is 16.5. The van der Waals surface area contributed by atoms with Crippen molar-refractivity contribution in [2.45, 2.75) is 33.1 Å². The van der Waals surface area contributed by atoms with Crippen molar-refractivity contribution in [2.75, 3.05) is 40.5 Å². The van der Waals surface area contributed by atoms with Gasteiger partial charge in [0.05, 0.1) is 33.9 Å². The predicted molar refractivity (Wildman–Crippen MR) is 99.9 cm³/mol. The first-order valence-corrected chi connectivity index (χ1v) is 9.21. The van der Waals surface area contributed by atoms with Gasteiger partial charge in [0, 0.05) is 18.4 Å². The summed E-state index contributed by atoms with van der Waals surface area (Å²) >= 11 is 0. The molecule has 1 aliphatic heterocycles. The third kappa shape index (κ3) is 5.21. The van der Waals surface area contributed by atoms with Crippen molar-refractivity contribution in [2.24, 2.45) is 0 Å². The van der Waals surface area contributed by atoms with Gasteiger partial charge in [-0.05, 0) is 31.5 Å². The largest absolute Gasteiger partial charge is 0.493 e. The van der Waals surface area contributed by atoms with Crippen LogP contribution in [0.4, 0.5) is 0 Å². The molecule has 1 aromatic carbocycles. The van der Waals surface area contributed by atoms with E-state index in [4.69, 9.17) is 18.9 Å². The molecule has 0 aromatic heterocycles. The quantitative estimate of drug-likeness (QED) is 0.483. The molecule has 0 fully saturated rings. The summed E-state index contributed by atoms with van der Waals surface area (Å²) in [5, 5.41) is 0. The Hall–Kier alpha value is -2.57. The highest BCUT2D eigenvalue weighted by Crippen LogP contribution is 2.33. The first-order chi connectivity index (χ1) is 13.0. The van der Waals surface area contributed by atoms with Gasteiger partial charge < -0.3 is 18.9 Å². The summed E-state index contributed by atoms with van der Waals surface area (Å²) in [6.45, 7) is 5.07. The number of hydrogen-bond donors (Lipinski definition) is 0. The summed E-state index contributed by atoms with van der Waals surface area (Å²) in [6, 6.07) is 3.87. The van der Waals surface area contributed by atoms with E-state index in [0.29, 0.717) is 37.7 Å². The zero-order valence-corrected chi connectivity index (χ0v) is 16.5. The highest BCUT2D eigenvalue weighted by Gasteiger charge is 2.30. The Balaban J connectivity index is 2.40. The number of esters is 2. The fraction of sp³-hybridized carbons (Fsp3) is 0.550. The Bertz CT molecular complexity index is 725. The van der Waals surface area contributed by atoms with Crippen LogP contribution in [0.25, 0.3) is 0 Å². The van der Waals surface area contributed by atoms with E-state index < -0.39 is 0 Å². The van der Waals surface area contributed by atoms with E-state index in [1.807, 2.05) is 16.7 Å². The summed E-state index contributed by atoms with van der Waals surface area (Å²) in [7, 11) is 3.19. The molecule has 2 rings (SSSR count). The molecule has 7 nitrogen and oxygen atoms in total. The molecule has 1 aromatic rings. The van der Waals surface area contributed by atoms with Crippen LogP contribution in [0.3, 0.4) is 0 Å². The minimum Gasteiger partial charge on any atom is -0.493 e. The summed E-state index contributed by atoms with van der Waals surface area (Å²) in [6.07, 6.45) is 1.48. The number of carbonyl (C=O) groups is 2. The summed E-state index contributed by atoms with van der Waals surface area (Å²) < 4.78 is 22.9. The van der Waals surface area contributed by atoms with E-state index in [1.165, 1.54) is 0 Å². The molecule has 0 N–H and O–H groups in total. The zero-order valence-electron chi connectivity index (χ0n) is 16.5. The maximum Gasteiger partial charge on any atom is 0.372 e. The molecule has 1 heterocycles. The van der Waals surface area contributed by atoms with E-state index in [1.54, 1.807) is 28.1 Å². The molecule has 148 valence electrons. The average Bonchev–Trinajstić information content (AvgIpc) is 2.66. The lowest BCUT2D eigenvalue weighted by molar-refractivity contribution is -0.520. The first kappa shape index (κ1) is 20.7. The molecule has 0 atom stereocenters. The van der Waals surface area contributed by atoms with Crippen molar-refractivity contribution in [1.82, 2.24) is 0 Å². The lowest BCUT2D eigenvalue weighted by Gasteiger charge is -2.20. The molecule has 0 bridgehead atoms. The van der Waals surface area contributed by atoms with Gasteiger partial charge in [0.1, 0.15) is 6.54 Å². The molecule has 0 spiro atoms. The van der Waals surface area contributed by atoms with Crippen LogP contribution in [-0.4, -0.2) is 62.7 Å². The third-order valence-electron chi connectivity index (χ3n) is 4.45. The lowest BCUT2D eigenvalue weighted by atomic mass is 9.93. The first-order valence-electron chi connectivity index (χ1n) is 9.21. The van der Waals surface area contributed by atoms with E-state index in [2.05, 4.69) is 0 Å². The molecule has 0 saturated heterocycles. The molecular formula is C20H28NO6+. The van der Waals surface area contributed by atoms with Gasteiger partial charge in [-0.15, -0.1) is 0 Å². The topological polar surface area (TPSA) is 74.1 Å². The van der Waals surface area contributed by atoms with Gasteiger partial charge in [-0.2, -0.15) is 0 Å². The number of fused-ring (bicyclic) bond motifs is 1. The Kier molecular flexibility index (Phi) is 7.64. The molecule has 0 radical (unpaired) electrons. The van der Waals surface area contributed by atoms with E-state index in [0.717, 1.165) is 23.3 Å². The number of ether oxygens (including phenoxy) is 4. The van der Waals surface area contributed by atoms with Crippen LogP contribution in [0.5, 0.6) is 11.5 Å². The minimum absolute atomic E-state index is 0.153. The Morgan fingerprint density at radius 3 is 2.26 bits per heavy atom. The standard InChI is InChI=1S/C20H28NO6/c1-5-26-19(22)8-7-16-15-12-18(25-4)17(24-3)11-14(15)9-10-21(16)13-20(23)27-6-2/h11-12H,5-10,13H2,1-4H3/q+1. The van der Waals surface area contributed by atoms with Gasteiger partial charge in [0.2, 0.25) is 6.54 Å². The number of benzene rings is 1. The Morgan fingerprint density at radius 2 is 1.63 bits per heavy atom. The van der Waals surface area contributed by atoms with Crippen molar-refractivity contribution in [3.05, 3.63) is 23.3 Å². The van der Waals surface area contributed by atoms with E-state index in [-0.39, 0.29) is 24.9 Å². The van der Waals surface area contributed by atoms with Crippen molar-refractivity contribution in [3.63, 3.8) is 0 Å². The van der Waals surface area contributed by atoms with Crippen molar-refractivity contribution in [3.8, 4) is 11.5 Å². The fourth-order valence-electron chi connectivity index (χ4n) is 3.24. The average molecular weight is 378 g/mol. The predicted octanol–water partition coefficient (Wildman–Crippen LogP) is 1.97. The van der Waals surface area contributed by atoms with Gasteiger partial charge in [0.25, 0.3) is 0 Å². The Labute approximate surface area is 159 Å². The summed E-state index contributed by atoms with van der Waals surface area (Å²) in [5.41, 5.74) is 2.98. The second kappa shape index (κ2) is 9.94. The second-order valence-electron chi connectivity index (χ2n) is 6.09. The van der Waals surface area contributed by atoms with E-state index >= 15 is 0 Å². The monoisotopic (exact) mass is 378 g/mol. The number of methoxy groups -OCH3 is 2. The molecule has 0 unspecified atom stereocenters. The van der Waals surface area contributed by atoms with Crippen LogP contribution in [0.1, 0.15) is 37.8 Å². The molecule has 0 aliphatic carbocycles. The maximum atomic E-state index is 12.0. The van der Waals surface area contributed by atoms with Crippen LogP contribution in [0, 0.1) is 0 Å². The van der Waals surface area contributed by atoms with Crippen molar-refractivity contribution < 1.29 is 33.1 Å².